The Morgan fingerprint density at radius 2 is 1.83 bits per heavy atom. The predicted molar refractivity (Wildman–Crippen MR) is 121 cm³/mol. The van der Waals surface area contributed by atoms with Crippen molar-refractivity contribution in [1.82, 2.24) is 10.3 Å². The minimum absolute atomic E-state index is 0.0558. The second-order valence-electron chi connectivity index (χ2n) is 7.10. The molecule has 5 aromatic rings. The number of carbonyl (C=O) groups is 1. The summed E-state index contributed by atoms with van der Waals surface area (Å²) in [6, 6.07) is 24.0. The number of benzene rings is 2. The molecule has 0 bridgehead atoms. The van der Waals surface area contributed by atoms with E-state index in [0.29, 0.717) is 12.3 Å². The summed E-state index contributed by atoms with van der Waals surface area (Å²) in [7, 11) is 0. The molecular weight excluding hydrogens is 392 g/mol. The summed E-state index contributed by atoms with van der Waals surface area (Å²) in [5.41, 5.74) is 4.03. The Balaban J connectivity index is 1.42. The first-order valence-corrected chi connectivity index (χ1v) is 10.7. The van der Waals surface area contributed by atoms with Crippen molar-refractivity contribution in [2.75, 3.05) is 6.54 Å². The number of rotatable bonds is 6. The summed E-state index contributed by atoms with van der Waals surface area (Å²) >= 11 is 1.70. The van der Waals surface area contributed by atoms with Gasteiger partial charge in [-0.1, -0.05) is 54.6 Å². The van der Waals surface area contributed by atoms with Gasteiger partial charge in [0.2, 0.25) is 0 Å². The van der Waals surface area contributed by atoms with Gasteiger partial charge in [0.1, 0.15) is 0 Å². The van der Waals surface area contributed by atoms with E-state index in [1.165, 1.54) is 15.8 Å². The van der Waals surface area contributed by atoms with E-state index >= 15 is 0 Å². The summed E-state index contributed by atoms with van der Waals surface area (Å²) in [6.07, 6.45) is 3.61. The third-order valence-corrected chi connectivity index (χ3v) is 6.29. The maximum Gasteiger partial charge on any atom is 0.287 e. The molecule has 0 fully saturated rings. The normalized spacial score (nSPS) is 12.1. The van der Waals surface area contributed by atoms with E-state index in [0.717, 1.165) is 16.6 Å². The Bertz CT molecular complexity index is 1270. The van der Waals surface area contributed by atoms with Crippen LogP contribution < -0.4 is 5.32 Å². The highest BCUT2D eigenvalue weighted by molar-refractivity contribution is 7.10. The Labute approximate surface area is 178 Å². The number of hydrogen-bond acceptors (Lipinski definition) is 3. The minimum Gasteiger partial charge on any atom is -0.459 e. The lowest BCUT2D eigenvalue weighted by molar-refractivity contribution is 0.0926. The zero-order valence-corrected chi connectivity index (χ0v) is 17.0. The molecule has 0 aliphatic rings. The molecule has 0 saturated heterocycles. The van der Waals surface area contributed by atoms with E-state index in [9.17, 15) is 4.79 Å². The molecule has 0 radical (unpaired) electrons. The third-order valence-electron chi connectivity index (χ3n) is 5.31. The smallest absolute Gasteiger partial charge is 0.287 e. The van der Waals surface area contributed by atoms with Crippen LogP contribution in [0.4, 0.5) is 0 Å². The van der Waals surface area contributed by atoms with Crippen LogP contribution in [-0.4, -0.2) is 17.4 Å². The van der Waals surface area contributed by atoms with E-state index in [1.54, 1.807) is 17.6 Å². The number of fused-ring (bicyclic) bond motifs is 1. The van der Waals surface area contributed by atoms with E-state index < -0.39 is 0 Å². The second-order valence-corrected chi connectivity index (χ2v) is 8.08. The Hall–Kier alpha value is -3.57. The van der Waals surface area contributed by atoms with Gasteiger partial charge in [-0.25, -0.2) is 0 Å². The van der Waals surface area contributed by atoms with Crippen molar-refractivity contribution >= 4 is 28.1 Å². The van der Waals surface area contributed by atoms with Crippen molar-refractivity contribution in [3.05, 3.63) is 107 Å². The van der Waals surface area contributed by atoms with Gasteiger partial charge in [-0.05, 0) is 34.7 Å². The molecule has 30 heavy (non-hydrogen) atoms. The van der Waals surface area contributed by atoms with Crippen LogP contribution >= 0.6 is 11.3 Å². The van der Waals surface area contributed by atoms with Gasteiger partial charge in [0.15, 0.2) is 5.76 Å². The van der Waals surface area contributed by atoms with Gasteiger partial charge in [-0.15, -0.1) is 11.3 Å². The fraction of sp³-hybridized carbons (Fsp3) is 0.0800. The highest BCUT2D eigenvalue weighted by atomic mass is 32.1. The molecule has 148 valence electrons. The molecule has 5 rings (SSSR count). The number of aromatic nitrogens is 1. The largest absolute Gasteiger partial charge is 0.459 e. The molecule has 0 spiro atoms. The standard InChI is InChI=1S/C25H20N2O2S/c28-25(24-18(12-13-29-24)17-7-2-1-3-8-17)27-16-21(23-11-6-14-30-23)20-15-26-22-10-5-4-9-19(20)22/h1-15,21,26H,16H2,(H,27,28). The van der Waals surface area contributed by atoms with E-state index in [-0.39, 0.29) is 11.8 Å². The van der Waals surface area contributed by atoms with Gasteiger partial charge in [0.25, 0.3) is 5.91 Å². The van der Waals surface area contributed by atoms with Gasteiger partial charge < -0.3 is 14.7 Å². The molecule has 4 nitrogen and oxygen atoms in total. The first-order valence-electron chi connectivity index (χ1n) is 9.82. The van der Waals surface area contributed by atoms with E-state index in [4.69, 9.17) is 4.42 Å². The highest BCUT2D eigenvalue weighted by Gasteiger charge is 2.22. The van der Waals surface area contributed by atoms with Crippen LogP contribution in [0.15, 0.2) is 95.1 Å². The zero-order valence-electron chi connectivity index (χ0n) is 16.2. The van der Waals surface area contributed by atoms with Crippen molar-refractivity contribution in [3.8, 4) is 11.1 Å². The summed E-state index contributed by atoms with van der Waals surface area (Å²) in [5.74, 6) is 0.186. The van der Waals surface area contributed by atoms with E-state index in [1.807, 2.05) is 60.8 Å². The average molecular weight is 413 g/mol. The van der Waals surface area contributed by atoms with Crippen LogP contribution in [0.1, 0.15) is 26.9 Å². The molecule has 1 atom stereocenters. The molecule has 0 aliphatic heterocycles. The maximum atomic E-state index is 13.0. The molecule has 2 N–H and O–H groups in total. The molecule has 2 aromatic carbocycles. The average Bonchev–Trinajstić information content (AvgIpc) is 3.55. The number of H-pyrrole nitrogens is 1. The van der Waals surface area contributed by atoms with Gasteiger partial charge in [-0.2, -0.15) is 0 Å². The SMILES string of the molecule is O=C(NCC(c1cccs1)c1c[nH]c2ccccc12)c1occc1-c1ccccc1. The number of furan rings is 1. The minimum atomic E-state index is -0.208. The Morgan fingerprint density at radius 3 is 2.67 bits per heavy atom. The van der Waals surface area contributed by atoms with Crippen LogP contribution in [-0.2, 0) is 0 Å². The quantitative estimate of drug-likeness (QED) is 0.357. The number of aromatic amines is 1. The third kappa shape index (κ3) is 3.44. The summed E-state index contributed by atoms with van der Waals surface area (Å²) in [5, 5.41) is 6.34. The Kier molecular flexibility index (Phi) is 4.95. The van der Waals surface area contributed by atoms with Crippen LogP contribution in [0.2, 0.25) is 0 Å². The second kappa shape index (κ2) is 8.05. The number of nitrogens with one attached hydrogen (secondary N) is 2. The lowest BCUT2D eigenvalue weighted by Crippen LogP contribution is -2.28. The lowest BCUT2D eigenvalue weighted by atomic mass is 9.96. The molecule has 1 amide bonds. The number of thiophene rings is 1. The summed E-state index contributed by atoms with van der Waals surface area (Å²) in [6.45, 7) is 0.482. The van der Waals surface area contributed by atoms with Gasteiger partial charge >= 0.3 is 0 Å². The Morgan fingerprint density at radius 1 is 1.00 bits per heavy atom. The van der Waals surface area contributed by atoms with Crippen molar-refractivity contribution in [3.63, 3.8) is 0 Å². The molecule has 3 heterocycles. The topological polar surface area (TPSA) is 58.0 Å². The molecule has 5 heteroatoms. The summed E-state index contributed by atoms with van der Waals surface area (Å²) in [4.78, 5) is 17.6. The van der Waals surface area contributed by atoms with E-state index in [2.05, 4.69) is 33.9 Å². The van der Waals surface area contributed by atoms with Gasteiger partial charge in [0, 0.05) is 40.0 Å². The summed E-state index contributed by atoms with van der Waals surface area (Å²) < 4.78 is 5.55. The first-order chi connectivity index (χ1) is 14.8. The van der Waals surface area contributed by atoms with Crippen LogP contribution in [0, 0.1) is 0 Å². The van der Waals surface area contributed by atoms with Crippen molar-refractivity contribution in [2.24, 2.45) is 0 Å². The highest BCUT2D eigenvalue weighted by Crippen LogP contribution is 2.33. The fourth-order valence-corrected chi connectivity index (χ4v) is 4.69. The molecular formula is C25H20N2O2S. The van der Waals surface area contributed by atoms with Crippen molar-refractivity contribution in [2.45, 2.75) is 5.92 Å². The lowest BCUT2D eigenvalue weighted by Gasteiger charge is -2.16. The van der Waals surface area contributed by atoms with Crippen molar-refractivity contribution < 1.29 is 9.21 Å². The monoisotopic (exact) mass is 412 g/mol. The zero-order chi connectivity index (χ0) is 20.3. The van der Waals surface area contributed by atoms with Gasteiger partial charge in [0.05, 0.1) is 6.26 Å². The van der Waals surface area contributed by atoms with Crippen LogP contribution in [0.5, 0.6) is 0 Å². The fourth-order valence-electron chi connectivity index (χ4n) is 3.84. The number of amides is 1. The first kappa shape index (κ1) is 18.5. The number of hydrogen-bond donors (Lipinski definition) is 2. The predicted octanol–water partition coefficient (Wildman–Crippen LogP) is 6.05. The number of carbonyl (C=O) groups excluding carboxylic acids is 1. The maximum absolute atomic E-state index is 13.0. The molecule has 3 aromatic heterocycles. The van der Waals surface area contributed by atoms with Gasteiger partial charge in [-0.3, -0.25) is 4.79 Å². The molecule has 1 unspecified atom stereocenters. The number of para-hydroxylation sites is 1. The van der Waals surface area contributed by atoms with Crippen LogP contribution in [0.3, 0.4) is 0 Å². The molecule has 0 saturated carbocycles. The molecule has 0 aliphatic carbocycles. The van der Waals surface area contributed by atoms with Crippen LogP contribution in [0.25, 0.3) is 22.0 Å². The van der Waals surface area contributed by atoms with Crippen molar-refractivity contribution in [1.29, 1.82) is 0 Å².